The number of nitrogen functional groups attached to an aromatic ring is 2. The number of hydrogen-bond acceptors (Lipinski definition) is 7. The summed E-state index contributed by atoms with van der Waals surface area (Å²) in [5, 5.41) is 19.1. The maximum atomic E-state index is 12.8. The SMILES string of the molecule is C=C(C[C@@H](C(=O)O)N(C)C(=O)c1ccc(CCc2ccc3nc(N)nc(N)c3c2)cc1)C(=O)O. The average molecular weight is 463 g/mol. The summed E-state index contributed by atoms with van der Waals surface area (Å²) in [6.07, 6.45) is 1.03. The van der Waals surface area contributed by atoms with Crippen LogP contribution in [-0.2, 0) is 22.4 Å². The van der Waals surface area contributed by atoms with Gasteiger partial charge in [-0.25, -0.2) is 14.6 Å². The Hall–Kier alpha value is -4.47. The summed E-state index contributed by atoms with van der Waals surface area (Å²) in [5.41, 5.74) is 14.3. The first-order valence-corrected chi connectivity index (χ1v) is 10.4. The lowest BCUT2D eigenvalue weighted by atomic mass is 10.0. The molecule has 6 N–H and O–H groups in total. The summed E-state index contributed by atoms with van der Waals surface area (Å²) in [6.45, 7) is 3.35. The van der Waals surface area contributed by atoms with Crippen molar-refractivity contribution >= 4 is 40.5 Å². The van der Waals surface area contributed by atoms with E-state index in [0.717, 1.165) is 21.4 Å². The van der Waals surface area contributed by atoms with Gasteiger partial charge in [0, 0.05) is 30.0 Å². The number of aromatic nitrogens is 2. The molecule has 1 aromatic heterocycles. The topological polar surface area (TPSA) is 173 Å². The molecule has 1 atom stereocenters. The van der Waals surface area contributed by atoms with E-state index in [9.17, 15) is 19.5 Å². The second kappa shape index (κ2) is 9.99. The fourth-order valence-electron chi connectivity index (χ4n) is 3.53. The molecule has 0 aliphatic carbocycles. The summed E-state index contributed by atoms with van der Waals surface area (Å²) in [7, 11) is 1.33. The molecule has 0 fully saturated rings. The quantitative estimate of drug-likeness (QED) is 0.347. The molecule has 0 aliphatic rings. The maximum Gasteiger partial charge on any atom is 0.331 e. The molecule has 1 heterocycles. The molecule has 0 aliphatic heterocycles. The number of benzene rings is 2. The molecule has 10 nitrogen and oxygen atoms in total. The summed E-state index contributed by atoms with van der Waals surface area (Å²) in [6, 6.07) is 11.2. The van der Waals surface area contributed by atoms with Gasteiger partial charge in [-0.2, -0.15) is 4.98 Å². The van der Waals surface area contributed by atoms with E-state index in [4.69, 9.17) is 16.6 Å². The van der Waals surface area contributed by atoms with Crippen LogP contribution in [-0.4, -0.2) is 56.0 Å². The number of anilines is 2. The molecular weight excluding hydrogens is 438 g/mol. The van der Waals surface area contributed by atoms with E-state index in [1.165, 1.54) is 7.05 Å². The standard InChI is InChI=1S/C24H25N5O5/c1-13(22(31)32)11-19(23(33)34)29(2)21(30)16-8-5-14(6-9-16)3-4-15-7-10-18-17(12-15)20(25)28-24(26)27-18/h5-10,12,19H,1,3-4,11H2,2H3,(H,31,32)(H,33,34)(H4,25,26,27,28)/t19-/m0/s1. The Bertz CT molecular complexity index is 1270. The van der Waals surface area contributed by atoms with Crippen LogP contribution in [0.4, 0.5) is 11.8 Å². The lowest BCUT2D eigenvalue weighted by Crippen LogP contribution is -2.43. The number of aryl methyl sites for hydroxylation is 2. The van der Waals surface area contributed by atoms with Crippen LogP contribution >= 0.6 is 0 Å². The molecule has 0 unspecified atom stereocenters. The van der Waals surface area contributed by atoms with Gasteiger partial charge in [-0.15, -0.1) is 0 Å². The number of hydrogen-bond donors (Lipinski definition) is 4. The van der Waals surface area contributed by atoms with Crippen molar-refractivity contribution in [2.24, 2.45) is 0 Å². The summed E-state index contributed by atoms with van der Waals surface area (Å²) >= 11 is 0. The van der Waals surface area contributed by atoms with Crippen molar-refractivity contribution in [1.29, 1.82) is 0 Å². The number of likely N-dealkylation sites (N-methyl/N-ethyl adjacent to an activating group) is 1. The molecule has 10 heteroatoms. The molecule has 2 aromatic carbocycles. The van der Waals surface area contributed by atoms with Crippen molar-refractivity contribution in [3.8, 4) is 0 Å². The third-order valence-electron chi connectivity index (χ3n) is 5.53. The van der Waals surface area contributed by atoms with E-state index >= 15 is 0 Å². The molecule has 0 radical (unpaired) electrons. The molecule has 0 bridgehead atoms. The van der Waals surface area contributed by atoms with Crippen molar-refractivity contribution in [3.05, 3.63) is 71.3 Å². The van der Waals surface area contributed by atoms with Gasteiger partial charge in [0.1, 0.15) is 11.9 Å². The van der Waals surface area contributed by atoms with Crippen LogP contribution in [0.2, 0.25) is 0 Å². The zero-order chi connectivity index (χ0) is 25.0. The van der Waals surface area contributed by atoms with Crippen LogP contribution in [0.3, 0.4) is 0 Å². The second-order valence-electron chi connectivity index (χ2n) is 7.90. The van der Waals surface area contributed by atoms with Crippen molar-refractivity contribution in [3.63, 3.8) is 0 Å². The molecule has 3 aromatic rings. The summed E-state index contributed by atoms with van der Waals surface area (Å²) in [5.74, 6) is -2.69. The van der Waals surface area contributed by atoms with Crippen LogP contribution in [0.5, 0.6) is 0 Å². The maximum absolute atomic E-state index is 12.8. The normalized spacial score (nSPS) is 11.7. The van der Waals surface area contributed by atoms with Gasteiger partial charge in [0.25, 0.3) is 5.91 Å². The van der Waals surface area contributed by atoms with E-state index in [1.54, 1.807) is 24.3 Å². The van der Waals surface area contributed by atoms with Gasteiger partial charge in [0.05, 0.1) is 5.52 Å². The molecule has 0 saturated heterocycles. The number of rotatable bonds is 9. The van der Waals surface area contributed by atoms with Crippen LogP contribution in [0.25, 0.3) is 10.9 Å². The van der Waals surface area contributed by atoms with Crippen LogP contribution in [0.1, 0.15) is 27.9 Å². The number of nitrogens with zero attached hydrogens (tertiary/aromatic N) is 3. The lowest BCUT2D eigenvalue weighted by Gasteiger charge is -2.25. The zero-order valence-electron chi connectivity index (χ0n) is 18.6. The number of aliphatic carboxylic acids is 2. The van der Waals surface area contributed by atoms with Gasteiger partial charge in [-0.1, -0.05) is 24.8 Å². The van der Waals surface area contributed by atoms with E-state index in [-0.39, 0.29) is 17.9 Å². The Labute approximate surface area is 195 Å². The first kappa shape index (κ1) is 24.2. The monoisotopic (exact) mass is 463 g/mol. The summed E-state index contributed by atoms with van der Waals surface area (Å²) in [4.78, 5) is 44.5. The van der Waals surface area contributed by atoms with Gasteiger partial charge in [-0.05, 0) is 48.2 Å². The Morgan fingerprint density at radius 1 is 1.00 bits per heavy atom. The number of carbonyl (C=O) groups is 3. The minimum Gasteiger partial charge on any atom is -0.480 e. The molecule has 1 amide bonds. The molecular formula is C24H25N5O5. The molecule has 34 heavy (non-hydrogen) atoms. The van der Waals surface area contributed by atoms with E-state index in [0.29, 0.717) is 29.7 Å². The van der Waals surface area contributed by atoms with Gasteiger partial charge in [-0.3, -0.25) is 4.79 Å². The van der Waals surface area contributed by atoms with Gasteiger partial charge in [0.2, 0.25) is 5.95 Å². The highest BCUT2D eigenvalue weighted by atomic mass is 16.4. The number of carbonyl (C=O) groups excluding carboxylic acids is 1. The van der Waals surface area contributed by atoms with E-state index in [1.807, 2.05) is 18.2 Å². The number of amides is 1. The number of carboxylic acid groups (broad SMARTS) is 2. The minimum absolute atomic E-state index is 0.125. The zero-order valence-corrected chi connectivity index (χ0v) is 18.6. The third-order valence-corrected chi connectivity index (χ3v) is 5.53. The Kier molecular flexibility index (Phi) is 7.10. The Morgan fingerprint density at radius 3 is 2.24 bits per heavy atom. The average Bonchev–Trinajstić information content (AvgIpc) is 2.80. The second-order valence-corrected chi connectivity index (χ2v) is 7.90. The van der Waals surface area contributed by atoms with Crippen molar-refractivity contribution in [1.82, 2.24) is 14.9 Å². The molecule has 0 spiro atoms. The fourth-order valence-corrected chi connectivity index (χ4v) is 3.53. The van der Waals surface area contributed by atoms with Crippen LogP contribution in [0, 0.1) is 0 Å². The Morgan fingerprint density at radius 2 is 1.62 bits per heavy atom. The van der Waals surface area contributed by atoms with Crippen LogP contribution < -0.4 is 11.5 Å². The van der Waals surface area contributed by atoms with Crippen molar-refractivity contribution in [2.45, 2.75) is 25.3 Å². The van der Waals surface area contributed by atoms with Gasteiger partial charge < -0.3 is 26.6 Å². The number of fused-ring (bicyclic) bond motifs is 1. The minimum atomic E-state index is -1.34. The van der Waals surface area contributed by atoms with E-state index < -0.39 is 23.9 Å². The van der Waals surface area contributed by atoms with Crippen molar-refractivity contribution in [2.75, 3.05) is 18.5 Å². The molecule has 3 rings (SSSR count). The van der Waals surface area contributed by atoms with E-state index in [2.05, 4.69) is 16.5 Å². The number of carboxylic acids is 2. The predicted molar refractivity (Wildman–Crippen MR) is 127 cm³/mol. The first-order chi connectivity index (χ1) is 16.1. The predicted octanol–water partition coefficient (Wildman–Crippen LogP) is 2.14. The molecule has 0 saturated carbocycles. The third kappa shape index (κ3) is 5.47. The summed E-state index contributed by atoms with van der Waals surface area (Å²) < 4.78 is 0. The fraction of sp³-hybridized carbons (Fsp3) is 0.208. The lowest BCUT2D eigenvalue weighted by molar-refractivity contribution is -0.142. The Balaban J connectivity index is 1.67. The van der Waals surface area contributed by atoms with Gasteiger partial charge >= 0.3 is 11.9 Å². The smallest absolute Gasteiger partial charge is 0.331 e. The van der Waals surface area contributed by atoms with Gasteiger partial charge in [0.15, 0.2) is 0 Å². The van der Waals surface area contributed by atoms with Crippen molar-refractivity contribution < 1.29 is 24.6 Å². The largest absolute Gasteiger partial charge is 0.480 e. The first-order valence-electron chi connectivity index (χ1n) is 10.4. The van der Waals surface area contributed by atoms with Crippen LogP contribution in [0.15, 0.2) is 54.6 Å². The number of nitrogens with two attached hydrogens (primary N) is 2. The highest BCUT2D eigenvalue weighted by Crippen LogP contribution is 2.21. The molecule has 176 valence electrons. The highest BCUT2D eigenvalue weighted by molar-refractivity contribution is 5.97. The highest BCUT2D eigenvalue weighted by Gasteiger charge is 2.29.